The van der Waals surface area contributed by atoms with E-state index in [0.717, 1.165) is 6.07 Å². The number of nitrogens with two attached hydrogens (primary N) is 1. The molecular weight excluding hydrogens is 273 g/mol. The SMILES string of the molecule is Cl.N[C@@H](c1c(F)ccc(Cl)c1O)C(F)(F)F. The minimum Gasteiger partial charge on any atom is -0.506 e. The molecule has 0 amide bonds. The second kappa shape index (κ2) is 5.07. The Labute approximate surface area is 99.4 Å². The zero-order chi connectivity index (χ0) is 11.8. The first-order valence-electron chi connectivity index (χ1n) is 3.74. The molecule has 0 heterocycles. The van der Waals surface area contributed by atoms with E-state index in [1.165, 1.54) is 0 Å². The highest BCUT2D eigenvalue weighted by Gasteiger charge is 2.41. The first-order valence-corrected chi connectivity index (χ1v) is 4.12. The zero-order valence-corrected chi connectivity index (χ0v) is 9.13. The molecule has 0 aliphatic heterocycles. The van der Waals surface area contributed by atoms with E-state index in [1.54, 1.807) is 0 Å². The number of hydrogen-bond acceptors (Lipinski definition) is 2. The van der Waals surface area contributed by atoms with Gasteiger partial charge in [-0.3, -0.25) is 0 Å². The summed E-state index contributed by atoms with van der Waals surface area (Å²) in [7, 11) is 0. The Hall–Kier alpha value is -0.720. The zero-order valence-electron chi connectivity index (χ0n) is 7.55. The van der Waals surface area contributed by atoms with Crippen LogP contribution in [-0.2, 0) is 0 Å². The second-order valence-electron chi connectivity index (χ2n) is 2.81. The van der Waals surface area contributed by atoms with Crippen LogP contribution in [0.4, 0.5) is 17.6 Å². The molecule has 0 spiro atoms. The molecular formula is C8H7Cl2F4NO. The second-order valence-corrected chi connectivity index (χ2v) is 3.22. The summed E-state index contributed by atoms with van der Waals surface area (Å²) >= 11 is 5.34. The van der Waals surface area contributed by atoms with Crippen molar-refractivity contribution in [2.75, 3.05) is 0 Å². The topological polar surface area (TPSA) is 46.2 Å². The quantitative estimate of drug-likeness (QED) is 0.776. The Bertz CT molecular complexity index is 383. The Morgan fingerprint density at radius 1 is 1.31 bits per heavy atom. The maximum Gasteiger partial charge on any atom is 0.407 e. The maximum atomic E-state index is 13.0. The van der Waals surface area contributed by atoms with E-state index < -0.39 is 29.3 Å². The van der Waals surface area contributed by atoms with Crippen LogP contribution < -0.4 is 5.73 Å². The normalized spacial score (nSPS) is 13.1. The summed E-state index contributed by atoms with van der Waals surface area (Å²) in [6, 6.07) is -0.946. The molecule has 0 aromatic heterocycles. The van der Waals surface area contributed by atoms with Gasteiger partial charge in [0, 0.05) is 0 Å². The fourth-order valence-electron chi connectivity index (χ4n) is 1.02. The van der Waals surface area contributed by atoms with Crippen LogP contribution in [0.1, 0.15) is 11.6 Å². The van der Waals surface area contributed by atoms with Crippen molar-refractivity contribution in [1.29, 1.82) is 0 Å². The van der Waals surface area contributed by atoms with Crippen LogP contribution in [0.5, 0.6) is 5.75 Å². The van der Waals surface area contributed by atoms with E-state index in [-0.39, 0.29) is 17.4 Å². The van der Waals surface area contributed by atoms with Crippen molar-refractivity contribution >= 4 is 24.0 Å². The number of phenolic OH excluding ortho intramolecular Hbond substituents is 1. The molecule has 0 radical (unpaired) electrons. The number of alkyl halides is 3. The van der Waals surface area contributed by atoms with Crippen molar-refractivity contribution in [3.05, 3.63) is 28.5 Å². The van der Waals surface area contributed by atoms with Gasteiger partial charge in [-0.05, 0) is 12.1 Å². The van der Waals surface area contributed by atoms with Crippen LogP contribution in [0.15, 0.2) is 12.1 Å². The molecule has 8 heteroatoms. The number of benzene rings is 1. The van der Waals surface area contributed by atoms with Crippen molar-refractivity contribution in [2.45, 2.75) is 12.2 Å². The third-order valence-corrected chi connectivity index (χ3v) is 2.08. The van der Waals surface area contributed by atoms with Crippen molar-refractivity contribution in [3.8, 4) is 5.75 Å². The fourth-order valence-corrected chi connectivity index (χ4v) is 1.18. The summed E-state index contributed by atoms with van der Waals surface area (Å²) in [5.41, 5.74) is 3.71. The molecule has 0 bridgehead atoms. The molecule has 0 unspecified atom stereocenters. The van der Waals surface area contributed by atoms with E-state index in [1.807, 2.05) is 0 Å². The van der Waals surface area contributed by atoms with E-state index in [4.69, 9.17) is 22.4 Å². The van der Waals surface area contributed by atoms with Gasteiger partial charge in [0.1, 0.15) is 17.6 Å². The number of rotatable bonds is 1. The molecule has 16 heavy (non-hydrogen) atoms. The molecule has 1 rings (SSSR count). The molecule has 0 saturated carbocycles. The average molecular weight is 280 g/mol. The van der Waals surface area contributed by atoms with Gasteiger partial charge in [0.15, 0.2) is 0 Å². The van der Waals surface area contributed by atoms with Gasteiger partial charge >= 0.3 is 6.18 Å². The summed E-state index contributed by atoms with van der Waals surface area (Å²) < 4.78 is 49.6. The maximum absolute atomic E-state index is 13.0. The lowest BCUT2D eigenvalue weighted by atomic mass is 10.1. The molecule has 1 aromatic rings. The molecule has 92 valence electrons. The lowest BCUT2D eigenvalue weighted by Gasteiger charge is -2.18. The van der Waals surface area contributed by atoms with Crippen LogP contribution in [-0.4, -0.2) is 11.3 Å². The number of hydrogen-bond donors (Lipinski definition) is 2. The third-order valence-electron chi connectivity index (χ3n) is 1.78. The molecule has 0 fully saturated rings. The van der Waals surface area contributed by atoms with Crippen LogP contribution in [0.3, 0.4) is 0 Å². The lowest BCUT2D eigenvalue weighted by molar-refractivity contribution is -0.150. The minimum atomic E-state index is -4.84. The standard InChI is InChI=1S/C8H6ClF4NO.ClH/c9-3-1-2-4(10)5(6(3)15)7(14)8(11,12)13;/h1-2,7,15H,14H2;1H/t7-;/m0./s1. The Kier molecular flexibility index (Phi) is 4.85. The van der Waals surface area contributed by atoms with Gasteiger partial charge in [-0.2, -0.15) is 13.2 Å². The Morgan fingerprint density at radius 2 is 1.81 bits per heavy atom. The molecule has 2 nitrogen and oxygen atoms in total. The van der Waals surface area contributed by atoms with Gasteiger partial charge in [0.2, 0.25) is 0 Å². The molecule has 0 aliphatic rings. The number of halogens is 6. The molecule has 3 N–H and O–H groups in total. The van der Waals surface area contributed by atoms with E-state index in [9.17, 15) is 17.6 Å². The molecule has 1 aromatic carbocycles. The summed E-state index contributed by atoms with van der Waals surface area (Å²) in [6.07, 6.45) is -4.84. The van der Waals surface area contributed by atoms with Crippen molar-refractivity contribution < 1.29 is 22.7 Å². The van der Waals surface area contributed by atoms with Crippen LogP contribution in [0, 0.1) is 5.82 Å². The first kappa shape index (κ1) is 15.3. The molecule has 0 saturated heterocycles. The summed E-state index contributed by atoms with van der Waals surface area (Å²) in [6.45, 7) is 0. The van der Waals surface area contributed by atoms with Gasteiger partial charge in [-0.15, -0.1) is 12.4 Å². The van der Waals surface area contributed by atoms with Crippen molar-refractivity contribution in [3.63, 3.8) is 0 Å². The summed E-state index contributed by atoms with van der Waals surface area (Å²) in [4.78, 5) is 0. The lowest BCUT2D eigenvalue weighted by Crippen LogP contribution is -2.29. The van der Waals surface area contributed by atoms with Gasteiger partial charge in [0.25, 0.3) is 0 Å². The van der Waals surface area contributed by atoms with Crippen molar-refractivity contribution in [1.82, 2.24) is 0 Å². The third kappa shape index (κ3) is 2.90. The minimum absolute atomic E-state index is 0. The van der Waals surface area contributed by atoms with E-state index >= 15 is 0 Å². The van der Waals surface area contributed by atoms with E-state index in [2.05, 4.69) is 0 Å². The monoisotopic (exact) mass is 279 g/mol. The van der Waals surface area contributed by atoms with Gasteiger partial charge < -0.3 is 10.8 Å². The first-order chi connectivity index (χ1) is 6.75. The predicted octanol–water partition coefficient (Wildman–Crippen LogP) is 3.17. The highest BCUT2D eigenvalue weighted by molar-refractivity contribution is 6.32. The highest BCUT2D eigenvalue weighted by Crippen LogP contribution is 2.39. The summed E-state index contributed by atoms with van der Waals surface area (Å²) in [5, 5.41) is 8.78. The predicted molar refractivity (Wildman–Crippen MR) is 53.3 cm³/mol. The van der Waals surface area contributed by atoms with Crippen LogP contribution >= 0.6 is 24.0 Å². The fraction of sp³-hybridized carbons (Fsp3) is 0.250. The Morgan fingerprint density at radius 3 is 2.25 bits per heavy atom. The average Bonchev–Trinajstić information content (AvgIpc) is 2.10. The van der Waals surface area contributed by atoms with Crippen LogP contribution in [0.2, 0.25) is 5.02 Å². The van der Waals surface area contributed by atoms with Crippen molar-refractivity contribution in [2.24, 2.45) is 5.73 Å². The molecule has 0 aliphatic carbocycles. The molecule has 1 atom stereocenters. The number of phenols is 1. The van der Waals surface area contributed by atoms with Gasteiger partial charge in [-0.1, -0.05) is 11.6 Å². The van der Waals surface area contributed by atoms with Gasteiger partial charge in [-0.25, -0.2) is 4.39 Å². The highest BCUT2D eigenvalue weighted by atomic mass is 35.5. The largest absolute Gasteiger partial charge is 0.506 e. The Balaban J connectivity index is 0.00000225. The van der Waals surface area contributed by atoms with E-state index in [0.29, 0.717) is 6.07 Å². The summed E-state index contributed by atoms with van der Waals surface area (Å²) in [5.74, 6) is -2.23. The number of aromatic hydroxyl groups is 1. The van der Waals surface area contributed by atoms with Crippen LogP contribution in [0.25, 0.3) is 0 Å². The van der Waals surface area contributed by atoms with Gasteiger partial charge in [0.05, 0.1) is 10.6 Å². The smallest absolute Gasteiger partial charge is 0.407 e.